The summed E-state index contributed by atoms with van der Waals surface area (Å²) >= 11 is 0. The lowest BCUT2D eigenvalue weighted by Gasteiger charge is -2.10. The molecule has 0 aromatic heterocycles. The van der Waals surface area contributed by atoms with Gasteiger partial charge in [0.1, 0.15) is 4.90 Å². The van der Waals surface area contributed by atoms with Crippen molar-refractivity contribution in [1.82, 2.24) is 4.72 Å². The van der Waals surface area contributed by atoms with Gasteiger partial charge in [-0.25, -0.2) is 13.1 Å². The third kappa shape index (κ3) is 2.85. The summed E-state index contributed by atoms with van der Waals surface area (Å²) in [7, 11) is -2.18. The molecule has 7 nitrogen and oxygen atoms in total. The maximum atomic E-state index is 12.2. The van der Waals surface area contributed by atoms with Crippen LogP contribution in [0.1, 0.15) is 13.3 Å². The average molecular weight is 285 g/mol. The second-order valence-corrected chi connectivity index (χ2v) is 6.31. The van der Waals surface area contributed by atoms with Crippen molar-refractivity contribution >= 4 is 21.4 Å². The van der Waals surface area contributed by atoms with E-state index < -0.39 is 14.9 Å². The summed E-state index contributed by atoms with van der Waals surface area (Å²) in [5.41, 5.74) is 0.0922. The van der Waals surface area contributed by atoms with E-state index in [2.05, 4.69) is 10.0 Å². The van der Waals surface area contributed by atoms with Crippen molar-refractivity contribution < 1.29 is 13.3 Å². The van der Waals surface area contributed by atoms with Crippen LogP contribution < -0.4 is 10.0 Å². The summed E-state index contributed by atoms with van der Waals surface area (Å²) < 4.78 is 27.0. The minimum atomic E-state index is -3.75. The van der Waals surface area contributed by atoms with Gasteiger partial charge in [-0.3, -0.25) is 10.1 Å². The molecule has 0 aliphatic heterocycles. The van der Waals surface area contributed by atoms with Gasteiger partial charge in [-0.2, -0.15) is 0 Å². The molecule has 1 aliphatic carbocycles. The van der Waals surface area contributed by atoms with Gasteiger partial charge in [-0.1, -0.05) is 6.92 Å². The first-order valence-corrected chi connectivity index (χ1v) is 7.32. The van der Waals surface area contributed by atoms with Crippen LogP contribution in [0, 0.1) is 16.0 Å². The number of non-ortho nitro benzene ring substituents is 1. The van der Waals surface area contributed by atoms with Gasteiger partial charge in [0.25, 0.3) is 5.69 Å². The predicted molar refractivity (Wildman–Crippen MR) is 70.5 cm³/mol. The number of nitro groups is 1. The Balaban J connectivity index is 2.40. The Morgan fingerprint density at radius 3 is 2.53 bits per heavy atom. The summed E-state index contributed by atoms with van der Waals surface area (Å²) in [6.07, 6.45) is 0.795. The minimum Gasteiger partial charge on any atom is -0.387 e. The van der Waals surface area contributed by atoms with Gasteiger partial charge >= 0.3 is 0 Å². The fraction of sp³-hybridized carbons (Fsp3) is 0.455. The van der Waals surface area contributed by atoms with Gasteiger partial charge in [-0.15, -0.1) is 0 Å². The first kappa shape index (κ1) is 13.8. The van der Waals surface area contributed by atoms with Crippen molar-refractivity contribution in [3.05, 3.63) is 28.3 Å². The highest BCUT2D eigenvalue weighted by Gasteiger charge is 2.37. The van der Waals surface area contributed by atoms with E-state index in [4.69, 9.17) is 0 Å². The molecule has 8 heteroatoms. The van der Waals surface area contributed by atoms with Crippen molar-refractivity contribution in [2.45, 2.75) is 24.3 Å². The van der Waals surface area contributed by atoms with Crippen molar-refractivity contribution in [3.8, 4) is 0 Å². The SMILES string of the molecule is CNc1ccc([N+](=O)[O-])cc1S(=O)(=O)NC1CC1C. The summed E-state index contributed by atoms with van der Waals surface area (Å²) in [5.74, 6) is 0.312. The van der Waals surface area contributed by atoms with E-state index in [0.717, 1.165) is 12.5 Å². The Morgan fingerprint density at radius 2 is 2.05 bits per heavy atom. The summed E-state index contributed by atoms with van der Waals surface area (Å²) in [5, 5.41) is 13.5. The normalized spacial score (nSPS) is 22.0. The van der Waals surface area contributed by atoms with Crippen molar-refractivity contribution in [2.75, 3.05) is 12.4 Å². The fourth-order valence-electron chi connectivity index (χ4n) is 1.80. The molecule has 19 heavy (non-hydrogen) atoms. The predicted octanol–water partition coefficient (Wildman–Crippen LogP) is 1.32. The smallest absolute Gasteiger partial charge is 0.270 e. The lowest BCUT2D eigenvalue weighted by atomic mass is 10.3. The third-order valence-corrected chi connectivity index (χ3v) is 4.68. The average Bonchev–Trinajstić information content (AvgIpc) is 3.02. The quantitative estimate of drug-likeness (QED) is 0.627. The number of benzene rings is 1. The highest BCUT2D eigenvalue weighted by atomic mass is 32.2. The fourth-order valence-corrected chi connectivity index (χ4v) is 3.39. The zero-order valence-electron chi connectivity index (χ0n) is 10.6. The molecular weight excluding hydrogens is 270 g/mol. The van der Waals surface area contributed by atoms with Crippen LogP contribution in [0.4, 0.5) is 11.4 Å². The number of rotatable bonds is 5. The third-order valence-electron chi connectivity index (χ3n) is 3.15. The largest absolute Gasteiger partial charge is 0.387 e. The molecule has 2 atom stereocenters. The maximum absolute atomic E-state index is 12.2. The van der Waals surface area contributed by atoms with Crippen LogP contribution in [-0.2, 0) is 10.0 Å². The van der Waals surface area contributed by atoms with Gasteiger partial charge < -0.3 is 5.32 Å². The minimum absolute atomic E-state index is 0.0750. The van der Waals surface area contributed by atoms with Crippen LogP contribution in [0.2, 0.25) is 0 Å². The van der Waals surface area contributed by atoms with Crippen LogP contribution in [-0.4, -0.2) is 26.4 Å². The molecule has 0 radical (unpaired) electrons. The molecule has 0 heterocycles. The Morgan fingerprint density at radius 1 is 1.42 bits per heavy atom. The van der Waals surface area contributed by atoms with E-state index in [1.165, 1.54) is 12.1 Å². The zero-order valence-corrected chi connectivity index (χ0v) is 11.4. The highest BCUT2D eigenvalue weighted by Crippen LogP contribution is 2.32. The molecule has 1 saturated carbocycles. The lowest BCUT2D eigenvalue weighted by Crippen LogP contribution is -2.27. The van der Waals surface area contributed by atoms with Gasteiger partial charge in [-0.05, 0) is 18.4 Å². The number of anilines is 1. The molecule has 1 aromatic rings. The van der Waals surface area contributed by atoms with E-state index in [0.29, 0.717) is 11.6 Å². The van der Waals surface area contributed by atoms with Crippen LogP contribution >= 0.6 is 0 Å². The van der Waals surface area contributed by atoms with Crippen LogP contribution in [0.25, 0.3) is 0 Å². The van der Waals surface area contributed by atoms with Crippen LogP contribution in [0.5, 0.6) is 0 Å². The first-order chi connectivity index (χ1) is 8.85. The molecule has 1 aliphatic rings. The summed E-state index contributed by atoms with van der Waals surface area (Å²) in [6.45, 7) is 1.94. The molecule has 1 fully saturated rings. The van der Waals surface area contributed by atoms with Crippen molar-refractivity contribution in [3.63, 3.8) is 0 Å². The number of nitrogens with zero attached hydrogens (tertiary/aromatic N) is 1. The number of sulfonamides is 1. The van der Waals surface area contributed by atoms with E-state index in [-0.39, 0.29) is 16.6 Å². The maximum Gasteiger partial charge on any atom is 0.270 e. The summed E-state index contributed by atoms with van der Waals surface area (Å²) in [4.78, 5) is 10.0. The molecule has 104 valence electrons. The number of nitrogens with one attached hydrogen (secondary N) is 2. The molecule has 0 saturated heterocycles. The number of hydrogen-bond donors (Lipinski definition) is 2. The molecular formula is C11H15N3O4S. The molecule has 2 N–H and O–H groups in total. The standard InChI is InChI=1S/C11H15N3O4S/c1-7-5-10(7)13-19(17,18)11-6-8(14(15)16)3-4-9(11)12-2/h3-4,6-7,10,12-13H,5H2,1-2H3. The Hall–Kier alpha value is -1.67. The molecule has 0 amide bonds. The van der Waals surface area contributed by atoms with Gasteiger partial charge in [0.2, 0.25) is 10.0 Å². The Bertz CT molecular complexity index is 614. The number of nitro benzene ring substituents is 1. The Kier molecular flexibility index (Phi) is 3.46. The van der Waals surface area contributed by atoms with Crippen molar-refractivity contribution in [1.29, 1.82) is 0 Å². The second kappa shape index (κ2) is 4.78. The van der Waals surface area contributed by atoms with Gasteiger partial charge in [0.05, 0.1) is 10.6 Å². The van der Waals surface area contributed by atoms with E-state index in [9.17, 15) is 18.5 Å². The molecule has 1 aromatic carbocycles. The lowest BCUT2D eigenvalue weighted by molar-refractivity contribution is -0.385. The van der Waals surface area contributed by atoms with E-state index >= 15 is 0 Å². The van der Waals surface area contributed by atoms with Crippen LogP contribution in [0.15, 0.2) is 23.1 Å². The molecule has 0 spiro atoms. The van der Waals surface area contributed by atoms with E-state index in [1.807, 2.05) is 6.92 Å². The molecule has 0 bridgehead atoms. The van der Waals surface area contributed by atoms with E-state index in [1.54, 1.807) is 7.05 Å². The summed E-state index contributed by atoms with van der Waals surface area (Å²) in [6, 6.07) is 3.66. The van der Waals surface area contributed by atoms with Gasteiger partial charge in [0.15, 0.2) is 0 Å². The Labute approximate surface area is 111 Å². The molecule has 2 rings (SSSR count). The highest BCUT2D eigenvalue weighted by molar-refractivity contribution is 7.89. The first-order valence-electron chi connectivity index (χ1n) is 5.83. The monoisotopic (exact) mass is 285 g/mol. The van der Waals surface area contributed by atoms with Crippen molar-refractivity contribution in [2.24, 2.45) is 5.92 Å². The van der Waals surface area contributed by atoms with Gasteiger partial charge in [0, 0.05) is 25.2 Å². The topological polar surface area (TPSA) is 101 Å². The second-order valence-electron chi connectivity index (χ2n) is 4.63. The zero-order chi connectivity index (χ0) is 14.2. The van der Waals surface area contributed by atoms with Crippen LogP contribution in [0.3, 0.4) is 0 Å². The number of hydrogen-bond acceptors (Lipinski definition) is 5. The molecule has 2 unspecified atom stereocenters.